The highest BCUT2D eigenvalue weighted by Crippen LogP contribution is 2.37. The number of benzene rings is 3. The molecule has 0 aliphatic rings. The molecule has 0 radical (unpaired) electrons. The fourth-order valence-electron chi connectivity index (χ4n) is 2.89. The van der Waals surface area contributed by atoms with Gasteiger partial charge >= 0.3 is 0 Å². The van der Waals surface area contributed by atoms with Crippen LogP contribution in [0.1, 0.15) is 18.9 Å². The van der Waals surface area contributed by atoms with Gasteiger partial charge in [0.15, 0.2) is 23.3 Å². The second kappa shape index (κ2) is 7.20. The maximum Gasteiger partial charge on any atom is 0.170 e. The molecule has 0 unspecified atom stereocenters. The molecular weight excluding hydrogens is 344 g/mol. The standard InChI is InChI=1S/C21H16F4O/c1-2-3-12-4-6-13(7-5-12)16-18(22)20(24)17(21(25)19(16)23)14-8-10-15(26)11-9-14/h4-11,26H,2-3H2,1H3. The summed E-state index contributed by atoms with van der Waals surface area (Å²) in [6, 6.07) is 11.0. The van der Waals surface area contributed by atoms with Crippen LogP contribution in [-0.2, 0) is 6.42 Å². The quantitative estimate of drug-likeness (QED) is 0.432. The van der Waals surface area contributed by atoms with Crippen molar-refractivity contribution in [3.8, 4) is 28.0 Å². The minimum atomic E-state index is -1.47. The summed E-state index contributed by atoms with van der Waals surface area (Å²) in [7, 11) is 0. The predicted octanol–water partition coefficient (Wildman–Crippen LogP) is 6.24. The lowest BCUT2D eigenvalue weighted by molar-refractivity contribution is 0.462. The Hall–Kier alpha value is -2.82. The molecule has 0 saturated heterocycles. The Morgan fingerprint density at radius 2 is 1.04 bits per heavy atom. The molecule has 0 amide bonds. The topological polar surface area (TPSA) is 20.2 Å². The summed E-state index contributed by atoms with van der Waals surface area (Å²) < 4.78 is 58.2. The summed E-state index contributed by atoms with van der Waals surface area (Å²) in [6.45, 7) is 2.00. The lowest BCUT2D eigenvalue weighted by Crippen LogP contribution is -2.03. The molecule has 3 rings (SSSR count). The van der Waals surface area contributed by atoms with Crippen LogP contribution in [0.15, 0.2) is 48.5 Å². The first-order valence-corrected chi connectivity index (χ1v) is 8.18. The minimum Gasteiger partial charge on any atom is -0.508 e. The van der Waals surface area contributed by atoms with Gasteiger partial charge < -0.3 is 5.11 Å². The molecule has 0 aliphatic heterocycles. The van der Waals surface area contributed by atoms with Gasteiger partial charge in [-0.05, 0) is 35.2 Å². The highest BCUT2D eigenvalue weighted by Gasteiger charge is 2.27. The molecule has 1 N–H and O–H groups in total. The van der Waals surface area contributed by atoms with Gasteiger partial charge in [-0.1, -0.05) is 49.7 Å². The summed E-state index contributed by atoms with van der Waals surface area (Å²) in [5, 5.41) is 9.27. The second-order valence-electron chi connectivity index (χ2n) is 6.00. The van der Waals surface area contributed by atoms with Gasteiger partial charge in [0.05, 0.1) is 11.1 Å². The third-order valence-electron chi connectivity index (χ3n) is 4.20. The van der Waals surface area contributed by atoms with E-state index >= 15 is 0 Å². The lowest BCUT2D eigenvalue weighted by Gasteiger charge is -2.13. The number of hydrogen-bond acceptors (Lipinski definition) is 1. The Labute approximate surface area is 148 Å². The zero-order valence-corrected chi connectivity index (χ0v) is 14.0. The maximum absolute atomic E-state index is 14.6. The van der Waals surface area contributed by atoms with Crippen molar-refractivity contribution >= 4 is 0 Å². The smallest absolute Gasteiger partial charge is 0.170 e. The Kier molecular flexibility index (Phi) is 4.98. The van der Waals surface area contributed by atoms with Crippen LogP contribution in [0.3, 0.4) is 0 Å². The monoisotopic (exact) mass is 360 g/mol. The fourth-order valence-corrected chi connectivity index (χ4v) is 2.89. The van der Waals surface area contributed by atoms with Gasteiger partial charge in [-0.15, -0.1) is 0 Å². The van der Waals surface area contributed by atoms with Crippen molar-refractivity contribution in [3.63, 3.8) is 0 Å². The van der Waals surface area contributed by atoms with Crippen molar-refractivity contribution < 1.29 is 22.7 Å². The van der Waals surface area contributed by atoms with E-state index in [2.05, 4.69) is 0 Å². The predicted molar refractivity (Wildman–Crippen MR) is 92.8 cm³/mol. The Morgan fingerprint density at radius 1 is 0.654 bits per heavy atom. The van der Waals surface area contributed by atoms with Gasteiger partial charge in [0, 0.05) is 0 Å². The number of aryl methyl sites for hydroxylation is 1. The van der Waals surface area contributed by atoms with Gasteiger partial charge in [0.1, 0.15) is 5.75 Å². The molecular formula is C21H16F4O. The average molecular weight is 360 g/mol. The largest absolute Gasteiger partial charge is 0.508 e. The summed E-state index contributed by atoms with van der Waals surface area (Å²) in [6.07, 6.45) is 1.71. The second-order valence-corrected chi connectivity index (χ2v) is 6.00. The normalized spacial score (nSPS) is 11.0. The van der Waals surface area contributed by atoms with E-state index in [1.54, 1.807) is 12.1 Å². The van der Waals surface area contributed by atoms with E-state index in [1.165, 1.54) is 36.4 Å². The molecule has 5 heteroatoms. The zero-order chi connectivity index (χ0) is 18.8. The highest BCUT2D eigenvalue weighted by atomic mass is 19.2. The van der Waals surface area contributed by atoms with Gasteiger partial charge in [0.2, 0.25) is 0 Å². The van der Waals surface area contributed by atoms with Crippen LogP contribution in [0.2, 0.25) is 0 Å². The Balaban J connectivity index is 2.15. The first kappa shape index (κ1) is 18.0. The molecule has 0 saturated carbocycles. The number of halogens is 4. The molecule has 0 aliphatic carbocycles. The third kappa shape index (κ3) is 3.17. The van der Waals surface area contributed by atoms with E-state index in [-0.39, 0.29) is 16.9 Å². The molecule has 0 atom stereocenters. The minimum absolute atomic E-state index is 0.0647. The number of phenolic OH excluding ortho intramolecular Hbond substituents is 1. The van der Waals surface area contributed by atoms with Crippen LogP contribution in [0.5, 0.6) is 5.75 Å². The van der Waals surface area contributed by atoms with Crippen LogP contribution in [0.4, 0.5) is 17.6 Å². The molecule has 0 aromatic heterocycles. The lowest BCUT2D eigenvalue weighted by atomic mass is 9.96. The molecule has 0 spiro atoms. The summed E-state index contributed by atoms with van der Waals surface area (Å²) in [5.74, 6) is -5.96. The van der Waals surface area contributed by atoms with Crippen molar-refractivity contribution in [2.45, 2.75) is 19.8 Å². The molecule has 0 fully saturated rings. The Morgan fingerprint density at radius 3 is 1.42 bits per heavy atom. The molecule has 3 aromatic carbocycles. The van der Waals surface area contributed by atoms with Gasteiger partial charge in [-0.3, -0.25) is 0 Å². The summed E-state index contributed by atoms with van der Waals surface area (Å²) in [4.78, 5) is 0. The van der Waals surface area contributed by atoms with E-state index in [0.717, 1.165) is 18.4 Å². The van der Waals surface area contributed by atoms with Crippen molar-refractivity contribution in [3.05, 3.63) is 77.4 Å². The molecule has 26 heavy (non-hydrogen) atoms. The van der Waals surface area contributed by atoms with E-state index in [0.29, 0.717) is 0 Å². The molecule has 134 valence electrons. The molecule has 0 bridgehead atoms. The van der Waals surface area contributed by atoms with Crippen LogP contribution >= 0.6 is 0 Å². The van der Waals surface area contributed by atoms with Crippen LogP contribution in [0.25, 0.3) is 22.3 Å². The first-order valence-electron chi connectivity index (χ1n) is 8.18. The van der Waals surface area contributed by atoms with E-state index in [9.17, 15) is 22.7 Å². The zero-order valence-electron chi connectivity index (χ0n) is 14.0. The number of aromatic hydroxyl groups is 1. The Bertz CT molecular complexity index is 903. The van der Waals surface area contributed by atoms with E-state index < -0.39 is 34.4 Å². The van der Waals surface area contributed by atoms with Gasteiger partial charge in [0.25, 0.3) is 0 Å². The van der Waals surface area contributed by atoms with E-state index in [4.69, 9.17) is 0 Å². The van der Waals surface area contributed by atoms with Crippen LogP contribution in [-0.4, -0.2) is 5.11 Å². The van der Waals surface area contributed by atoms with Crippen molar-refractivity contribution in [2.75, 3.05) is 0 Å². The number of hydrogen-bond donors (Lipinski definition) is 1. The number of rotatable bonds is 4. The first-order chi connectivity index (χ1) is 12.4. The maximum atomic E-state index is 14.6. The van der Waals surface area contributed by atoms with Crippen LogP contribution < -0.4 is 0 Å². The number of phenols is 1. The van der Waals surface area contributed by atoms with Crippen molar-refractivity contribution in [2.24, 2.45) is 0 Å². The van der Waals surface area contributed by atoms with E-state index in [1.807, 2.05) is 6.92 Å². The van der Waals surface area contributed by atoms with Crippen molar-refractivity contribution in [1.82, 2.24) is 0 Å². The fraction of sp³-hybridized carbons (Fsp3) is 0.143. The highest BCUT2D eigenvalue weighted by molar-refractivity contribution is 5.73. The molecule has 3 aromatic rings. The molecule has 0 heterocycles. The van der Waals surface area contributed by atoms with Crippen molar-refractivity contribution in [1.29, 1.82) is 0 Å². The van der Waals surface area contributed by atoms with Gasteiger partial charge in [-0.25, -0.2) is 17.6 Å². The average Bonchev–Trinajstić information content (AvgIpc) is 2.64. The van der Waals surface area contributed by atoms with Gasteiger partial charge in [-0.2, -0.15) is 0 Å². The third-order valence-corrected chi connectivity index (χ3v) is 4.20. The summed E-state index contributed by atoms with van der Waals surface area (Å²) in [5.41, 5.74) is -0.564. The SMILES string of the molecule is CCCc1ccc(-c2c(F)c(F)c(-c3ccc(O)cc3)c(F)c2F)cc1. The van der Waals surface area contributed by atoms with Crippen LogP contribution in [0, 0.1) is 23.3 Å². The molecule has 1 nitrogen and oxygen atoms in total. The summed E-state index contributed by atoms with van der Waals surface area (Å²) >= 11 is 0.